The molecule has 3 aromatic carbocycles. The lowest BCUT2D eigenvalue weighted by Gasteiger charge is -2.18. The summed E-state index contributed by atoms with van der Waals surface area (Å²) in [6, 6.07) is 19.7. The minimum atomic E-state index is -0.216. The van der Waals surface area contributed by atoms with E-state index >= 15 is 0 Å². The molecule has 6 heteroatoms. The second-order valence-corrected chi connectivity index (χ2v) is 8.09. The van der Waals surface area contributed by atoms with Crippen LogP contribution in [0.5, 0.6) is 11.5 Å². The van der Waals surface area contributed by atoms with Crippen LogP contribution in [0.4, 0.5) is 0 Å². The Balaban J connectivity index is 1.38. The minimum Gasteiger partial charge on any atom is -0.456 e. The van der Waals surface area contributed by atoms with E-state index in [-0.39, 0.29) is 17.7 Å². The van der Waals surface area contributed by atoms with Crippen LogP contribution in [0.1, 0.15) is 45.5 Å². The number of carbonyl (C=O) groups excluding carboxylic acids is 2. The molecule has 4 nitrogen and oxygen atoms in total. The average molecular weight is 440 g/mol. The third kappa shape index (κ3) is 4.07. The van der Waals surface area contributed by atoms with Gasteiger partial charge in [-0.2, -0.15) is 0 Å². The third-order valence-corrected chi connectivity index (χ3v) is 5.77. The van der Waals surface area contributed by atoms with Gasteiger partial charge in [-0.25, -0.2) is 0 Å². The molecule has 30 heavy (non-hydrogen) atoms. The third-order valence-electron chi connectivity index (χ3n) is 5.23. The van der Waals surface area contributed by atoms with Crippen molar-refractivity contribution in [3.8, 4) is 11.5 Å². The Morgan fingerprint density at radius 3 is 2.13 bits per heavy atom. The van der Waals surface area contributed by atoms with Gasteiger partial charge in [-0.1, -0.05) is 54.4 Å². The Labute approximate surface area is 185 Å². The summed E-state index contributed by atoms with van der Waals surface area (Å²) < 4.78 is 5.82. The maximum atomic E-state index is 12.5. The van der Waals surface area contributed by atoms with Crippen LogP contribution in [-0.4, -0.2) is 23.3 Å². The van der Waals surface area contributed by atoms with Crippen LogP contribution < -0.4 is 4.74 Å². The molecule has 1 aliphatic rings. The zero-order valence-electron chi connectivity index (χ0n) is 16.3. The first-order chi connectivity index (χ1) is 14.4. The molecule has 0 saturated carbocycles. The van der Waals surface area contributed by atoms with E-state index in [1.807, 2.05) is 24.3 Å². The summed E-state index contributed by atoms with van der Waals surface area (Å²) in [5.74, 6) is 0.934. The highest BCUT2D eigenvalue weighted by Gasteiger charge is 2.34. The second-order valence-electron chi connectivity index (χ2n) is 7.24. The number of benzene rings is 3. The molecule has 1 heterocycles. The van der Waals surface area contributed by atoms with Crippen molar-refractivity contribution in [1.82, 2.24) is 4.90 Å². The lowest BCUT2D eigenvalue weighted by atomic mass is 9.97. The Hall–Kier alpha value is -2.82. The quantitative estimate of drug-likeness (QED) is 0.407. The van der Waals surface area contributed by atoms with Gasteiger partial charge >= 0.3 is 0 Å². The summed E-state index contributed by atoms with van der Waals surface area (Å²) in [5, 5.41) is 0.996. The lowest BCUT2D eigenvalue weighted by Crippen LogP contribution is -2.31. The summed E-state index contributed by atoms with van der Waals surface area (Å²) in [7, 11) is 0. The van der Waals surface area contributed by atoms with E-state index in [2.05, 4.69) is 6.92 Å². The molecular formula is C24H19Cl2NO3. The lowest BCUT2D eigenvalue weighted by molar-refractivity contribution is 0.0650. The topological polar surface area (TPSA) is 46.6 Å². The van der Waals surface area contributed by atoms with E-state index in [0.29, 0.717) is 45.6 Å². The molecule has 4 rings (SSSR count). The molecular weight excluding hydrogens is 421 g/mol. The van der Waals surface area contributed by atoms with Gasteiger partial charge in [0.2, 0.25) is 0 Å². The van der Waals surface area contributed by atoms with Crippen molar-refractivity contribution >= 4 is 35.0 Å². The number of halogens is 2. The molecule has 0 N–H and O–H groups in total. The van der Waals surface area contributed by atoms with Crippen LogP contribution in [0.2, 0.25) is 10.0 Å². The minimum absolute atomic E-state index is 0.169. The van der Waals surface area contributed by atoms with Crippen molar-refractivity contribution < 1.29 is 14.3 Å². The van der Waals surface area contributed by atoms with Crippen LogP contribution in [0.15, 0.2) is 66.7 Å². The molecule has 0 aliphatic carbocycles. The highest BCUT2D eigenvalue weighted by atomic mass is 35.5. The number of carbonyl (C=O) groups is 2. The average Bonchev–Trinajstić information content (AvgIpc) is 2.99. The summed E-state index contributed by atoms with van der Waals surface area (Å²) in [4.78, 5) is 26.3. The number of amides is 2. The molecule has 152 valence electrons. The van der Waals surface area contributed by atoms with Gasteiger partial charge in [0.1, 0.15) is 11.5 Å². The first kappa shape index (κ1) is 20.5. The fraction of sp³-hybridized carbons (Fsp3) is 0.167. The smallest absolute Gasteiger partial charge is 0.261 e. The first-order valence-corrected chi connectivity index (χ1v) is 10.4. The summed E-state index contributed by atoms with van der Waals surface area (Å²) in [5.41, 5.74) is 2.07. The fourth-order valence-electron chi connectivity index (χ4n) is 3.48. The highest BCUT2D eigenvalue weighted by Crippen LogP contribution is 2.32. The van der Waals surface area contributed by atoms with Gasteiger partial charge in [0.05, 0.1) is 16.1 Å². The van der Waals surface area contributed by atoms with Crippen LogP contribution in [0, 0.1) is 0 Å². The monoisotopic (exact) mass is 439 g/mol. The molecule has 0 saturated heterocycles. The summed E-state index contributed by atoms with van der Waals surface area (Å²) in [6.07, 6.45) is 0.675. The van der Waals surface area contributed by atoms with E-state index in [1.54, 1.807) is 42.5 Å². The number of hydrogen-bond acceptors (Lipinski definition) is 3. The predicted molar refractivity (Wildman–Crippen MR) is 118 cm³/mol. The maximum Gasteiger partial charge on any atom is 0.261 e. The molecule has 0 aromatic heterocycles. The maximum absolute atomic E-state index is 12.5. The van der Waals surface area contributed by atoms with Gasteiger partial charge in [0, 0.05) is 11.6 Å². The Bertz CT molecular complexity index is 1080. The zero-order chi connectivity index (χ0) is 21.3. The van der Waals surface area contributed by atoms with E-state index in [9.17, 15) is 9.59 Å². The molecule has 0 spiro atoms. The number of hydrogen-bond donors (Lipinski definition) is 0. The number of rotatable bonds is 6. The van der Waals surface area contributed by atoms with Crippen molar-refractivity contribution in [2.45, 2.75) is 19.3 Å². The number of imide groups is 1. The SMILES string of the molecule is CC(CCN1C(=O)c2ccccc2C1=O)c1ccc(Oc2ccc(Cl)cc2Cl)cc1. The van der Waals surface area contributed by atoms with Gasteiger partial charge in [0.25, 0.3) is 11.8 Å². The molecule has 1 aliphatic heterocycles. The number of nitrogens with zero attached hydrogens (tertiary/aromatic N) is 1. The molecule has 0 radical (unpaired) electrons. The fourth-order valence-corrected chi connectivity index (χ4v) is 3.93. The van der Waals surface area contributed by atoms with Crippen LogP contribution >= 0.6 is 23.2 Å². The highest BCUT2D eigenvalue weighted by molar-refractivity contribution is 6.35. The standard InChI is InChI=1S/C24H19Cl2NO3/c1-15(12-13-27-23(28)19-4-2-3-5-20(19)24(27)29)16-6-9-18(10-7-16)30-22-11-8-17(25)14-21(22)26/h2-11,14-15H,12-13H2,1H3. The van der Waals surface area contributed by atoms with Gasteiger partial charge < -0.3 is 4.74 Å². The normalized spacial score (nSPS) is 14.0. The number of ether oxygens (including phenoxy) is 1. The van der Waals surface area contributed by atoms with Crippen molar-refractivity contribution in [2.24, 2.45) is 0 Å². The molecule has 2 amide bonds. The van der Waals surface area contributed by atoms with E-state index in [0.717, 1.165) is 5.56 Å². The molecule has 1 atom stereocenters. The van der Waals surface area contributed by atoms with E-state index in [4.69, 9.17) is 27.9 Å². The first-order valence-electron chi connectivity index (χ1n) is 9.62. The zero-order valence-corrected chi connectivity index (χ0v) is 17.8. The van der Waals surface area contributed by atoms with Crippen molar-refractivity contribution in [3.05, 3.63) is 93.5 Å². The van der Waals surface area contributed by atoms with Gasteiger partial charge in [0.15, 0.2) is 0 Å². The molecule has 1 unspecified atom stereocenters. The van der Waals surface area contributed by atoms with E-state index < -0.39 is 0 Å². The van der Waals surface area contributed by atoms with Gasteiger partial charge in [-0.15, -0.1) is 0 Å². The largest absolute Gasteiger partial charge is 0.456 e. The number of fused-ring (bicyclic) bond motifs is 1. The predicted octanol–water partition coefficient (Wildman–Crippen LogP) is 6.58. The van der Waals surface area contributed by atoms with Crippen molar-refractivity contribution in [3.63, 3.8) is 0 Å². The Morgan fingerprint density at radius 1 is 0.900 bits per heavy atom. The molecule has 3 aromatic rings. The Morgan fingerprint density at radius 2 is 1.53 bits per heavy atom. The molecule has 0 bridgehead atoms. The van der Waals surface area contributed by atoms with Crippen LogP contribution in [0.3, 0.4) is 0 Å². The molecule has 0 fully saturated rings. The van der Waals surface area contributed by atoms with Crippen molar-refractivity contribution in [1.29, 1.82) is 0 Å². The van der Waals surface area contributed by atoms with Crippen LogP contribution in [-0.2, 0) is 0 Å². The summed E-state index contributed by atoms with van der Waals surface area (Å²) >= 11 is 12.1. The van der Waals surface area contributed by atoms with Gasteiger partial charge in [-0.3, -0.25) is 14.5 Å². The van der Waals surface area contributed by atoms with Gasteiger partial charge in [-0.05, 0) is 60.4 Å². The van der Waals surface area contributed by atoms with Crippen LogP contribution in [0.25, 0.3) is 0 Å². The van der Waals surface area contributed by atoms with Crippen molar-refractivity contribution in [2.75, 3.05) is 6.54 Å². The second kappa shape index (κ2) is 8.50. The summed E-state index contributed by atoms with van der Waals surface area (Å²) in [6.45, 7) is 2.45. The Kier molecular flexibility index (Phi) is 5.80. The van der Waals surface area contributed by atoms with E-state index in [1.165, 1.54) is 4.90 Å².